The van der Waals surface area contributed by atoms with E-state index in [1.807, 2.05) is 19.1 Å². The molecule has 0 radical (unpaired) electrons. The Labute approximate surface area is 195 Å². The first kappa shape index (κ1) is 26.1. The summed E-state index contributed by atoms with van der Waals surface area (Å²) in [7, 11) is 1.51. The van der Waals surface area contributed by atoms with Crippen LogP contribution in [0.2, 0.25) is 0 Å². The quantitative estimate of drug-likeness (QED) is 0.283. The van der Waals surface area contributed by atoms with Gasteiger partial charge in [-0.2, -0.15) is 0 Å². The van der Waals surface area contributed by atoms with E-state index in [1.54, 1.807) is 30.3 Å². The van der Waals surface area contributed by atoms with E-state index in [9.17, 15) is 15.0 Å². The summed E-state index contributed by atoms with van der Waals surface area (Å²) >= 11 is 0. The van der Waals surface area contributed by atoms with Crippen molar-refractivity contribution < 1.29 is 34.0 Å². The van der Waals surface area contributed by atoms with Crippen molar-refractivity contribution in [3.63, 3.8) is 0 Å². The van der Waals surface area contributed by atoms with Gasteiger partial charge in [-0.1, -0.05) is 25.5 Å². The Hall–Kier alpha value is -3.19. The number of rotatable bonds is 15. The van der Waals surface area contributed by atoms with E-state index in [-0.39, 0.29) is 11.3 Å². The number of carboxylic acids is 1. The molecular formula is C26H34O7. The highest BCUT2D eigenvalue weighted by Gasteiger charge is 2.11. The van der Waals surface area contributed by atoms with Gasteiger partial charge in [-0.15, -0.1) is 0 Å². The van der Waals surface area contributed by atoms with Gasteiger partial charge >= 0.3 is 5.97 Å². The van der Waals surface area contributed by atoms with E-state index in [2.05, 4.69) is 6.92 Å². The lowest BCUT2D eigenvalue weighted by Crippen LogP contribution is -2.06. The Morgan fingerprint density at radius 3 is 2.45 bits per heavy atom. The summed E-state index contributed by atoms with van der Waals surface area (Å²) in [5, 5.41) is 19.2. The summed E-state index contributed by atoms with van der Waals surface area (Å²) in [5.74, 6) is 0.730. The van der Waals surface area contributed by atoms with E-state index < -0.39 is 5.97 Å². The highest BCUT2D eigenvalue weighted by molar-refractivity contribution is 5.92. The van der Waals surface area contributed by atoms with Crippen molar-refractivity contribution in [3.8, 4) is 23.0 Å². The number of benzene rings is 2. The lowest BCUT2D eigenvalue weighted by Gasteiger charge is -2.14. The van der Waals surface area contributed by atoms with Crippen molar-refractivity contribution >= 4 is 12.0 Å². The summed E-state index contributed by atoms with van der Waals surface area (Å²) in [6.07, 6.45) is 4.48. The van der Waals surface area contributed by atoms with Crippen LogP contribution in [-0.4, -0.2) is 49.7 Å². The van der Waals surface area contributed by atoms with Crippen molar-refractivity contribution in [2.24, 2.45) is 0 Å². The van der Waals surface area contributed by atoms with Crippen LogP contribution in [0.15, 0.2) is 42.0 Å². The van der Waals surface area contributed by atoms with Gasteiger partial charge in [0.15, 0.2) is 23.0 Å². The second kappa shape index (κ2) is 14.1. The summed E-state index contributed by atoms with van der Waals surface area (Å²) in [6, 6.07) is 10.6. The number of hydrogen-bond donors (Lipinski definition) is 2. The second-order valence-corrected chi connectivity index (χ2v) is 7.43. The van der Waals surface area contributed by atoms with Crippen LogP contribution in [0.1, 0.15) is 44.2 Å². The lowest BCUT2D eigenvalue weighted by molar-refractivity contribution is -0.132. The van der Waals surface area contributed by atoms with Gasteiger partial charge in [0.05, 0.1) is 26.9 Å². The number of carbonyl (C=O) groups is 1. The predicted molar refractivity (Wildman–Crippen MR) is 127 cm³/mol. The molecule has 0 atom stereocenters. The van der Waals surface area contributed by atoms with Gasteiger partial charge in [-0.05, 0) is 54.8 Å². The molecule has 0 bridgehead atoms. The minimum atomic E-state index is -0.965. The summed E-state index contributed by atoms with van der Waals surface area (Å²) in [6.45, 7) is 5.82. The van der Waals surface area contributed by atoms with Crippen LogP contribution >= 0.6 is 0 Å². The molecule has 2 N–H and O–H groups in total. The van der Waals surface area contributed by atoms with Crippen molar-refractivity contribution in [2.45, 2.75) is 39.5 Å². The van der Waals surface area contributed by atoms with Gasteiger partial charge in [0.1, 0.15) is 0 Å². The fourth-order valence-corrected chi connectivity index (χ4v) is 3.10. The molecule has 0 aliphatic carbocycles. The third kappa shape index (κ3) is 8.69. The van der Waals surface area contributed by atoms with E-state index in [4.69, 9.17) is 18.9 Å². The molecule has 0 spiro atoms. The predicted octanol–water partition coefficient (Wildman–Crippen LogP) is 5.10. The zero-order valence-corrected chi connectivity index (χ0v) is 19.6. The van der Waals surface area contributed by atoms with E-state index in [0.717, 1.165) is 24.0 Å². The Morgan fingerprint density at radius 2 is 1.76 bits per heavy atom. The van der Waals surface area contributed by atoms with Crippen LogP contribution in [0.5, 0.6) is 23.0 Å². The summed E-state index contributed by atoms with van der Waals surface area (Å²) in [5.41, 5.74) is 1.97. The Bertz CT molecular complexity index is 921. The van der Waals surface area contributed by atoms with Crippen LogP contribution in [0.3, 0.4) is 0 Å². The largest absolute Gasteiger partial charge is 0.504 e. The Morgan fingerprint density at radius 1 is 0.970 bits per heavy atom. The molecule has 0 saturated heterocycles. The monoisotopic (exact) mass is 458 g/mol. The number of phenolic OH excluding ortho intramolecular Hbond substituents is 1. The fourth-order valence-electron chi connectivity index (χ4n) is 3.10. The number of hydrogen-bond acceptors (Lipinski definition) is 6. The molecule has 0 fully saturated rings. The average Bonchev–Trinajstić information content (AvgIpc) is 2.80. The SMILES string of the molecule is CCCCOc1cc(C=C(CCOCC)C(=O)O)ccc1OCCc1ccc(O)c(OC)c1. The van der Waals surface area contributed by atoms with Gasteiger partial charge in [0.25, 0.3) is 0 Å². The molecule has 0 unspecified atom stereocenters. The molecule has 33 heavy (non-hydrogen) atoms. The molecule has 2 aromatic rings. The van der Waals surface area contributed by atoms with Gasteiger partial charge < -0.3 is 29.2 Å². The average molecular weight is 459 g/mol. The maximum atomic E-state index is 11.6. The van der Waals surface area contributed by atoms with Gasteiger partial charge in [0, 0.05) is 25.0 Å². The third-order valence-electron chi connectivity index (χ3n) is 4.95. The van der Waals surface area contributed by atoms with Crippen LogP contribution in [0, 0.1) is 0 Å². The van der Waals surface area contributed by atoms with E-state index in [0.29, 0.717) is 56.5 Å². The van der Waals surface area contributed by atoms with Crippen LogP contribution in [0.4, 0.5) is 0 Å². The second-order valence-electron chi connectivity index (χ2n) is 7.43. The zero-order valence-electron chi connectivity index (χ0n) is 19.6. The van der Waals surface area contributed by atoms with Crippen molar-refractivity contribution in [1.29, 1.82) is 0 Å². The lowest BCUT2D eigenvalue weighted by atomic mass is 10.1. The highest BCUT2D eigenvalue weighted by atomic mass is 16.5. The maximum Gasteiger partial charge on any atom is 0.331 e. The molecule has 2 rings (SSSR count). The normalized spacial score (nSPS) is 11.3. The smallest absolute Gasteiger partial charge is 0.331 e. The number of aliphatic carboxylic acids is 1. The standard InChI is InChI=1S/C26H34O7/c1-4-6-13-32-25-18-20(16-21(26(28)29)12-14-31-5-2)8-10-23(25)33-15-11-19-7-9-22(27)24(17-19)30-3/h7-10,16-18,27H,4-6,11-15H2,1-3H3,(H,28,29). The molecule has 180 valence electrons. The molecule has 7 heteroatoms. The van der Waals surface area contributed by atoms with Crippen LogP contribution in [-0.2, 0) is 16.0 Å². The van der Waals surface area contributed by atoms with Gasteiger partial charge in [-0.25, -0.2) is 4.79 Å². The topological polar surface area (TPSA) is 94.5 Å². The molecule has 0 aromatic heterocycles. The van der Waals surface area contributed by atoms with Crippen LogP contribution < -0.4 is 14.2 Å². The third-order valence-corrected chi connectivity index (χ3v) is 4.95. The Kier molecular flexibility index (Phi) is 11.1. The van der Waals surface area contributed by atoms with E-state index in [1.165, 1.54) is 7.11 Å². The molecular weight excluding hydrogens is 424 g/mol. The van der Waals surface area contributed by atoms with Gasteiger partial charge in [0.2, 0.25) is 0 Å². The van der Waals surface area contributed by atoms with Crippen molar-refractivity contribution in [2.75, 3.05) is 33.5 Å². The fraction of sp³-hybridized carbons (Fsp3) is 0.423. The molecule has 0 saturated carbocycles. The maximum absolute atomic E-state index is 11.6. The van der Waals surface area contributed by atoms with Crippen molar-refractivity contribution in [1.82, 2.24) is 0 Å². The number of unbranched alkanes of at least 4 members (excludes halogenated alkanes) is 1. The summed E-state index contributed by atoms with van der Waals surface area (Å²) < 4.78 is 22.4. The number of carboxylic acid groups (broad SMARTS) is 1. The van der Waals surface area contributed by atoms with Crippen molar-refractivity contribution in [3.05, 3.63) is 53.1 Å². The molecule has 0 heterocycles. The molecule has 2 aromatic carbocycles. The van der Waals surface area contributed by atoms with E-state index >= 15 is 0 Å². The Balaban J connectivity index is 2.14. The minimum absolute atomic E-state index is 0.0967. The first-order chi connectivity index (χ1) is 16.0. The molecule has 0 aliphatic rings. The highest BCUT2D eigenvalue weighted by Crippen LogP contribution is 2.31. The van der Waals surface area contributed by atoms with Gasteiger partial charge in [-0.3, -0.25) is 0 Å². The van der Waals surface area contributed by atoms with Crippen LogP contribution in [0.25, 0.3) is 6.08 Å². The number of aromatic hydroxyl groups is 1. The first-order valence-electron chi connectivity index (χ1n) is 11.3. The summed E-state index contributed by atoms with van der Waals surface area (Å²) in [4.78, 5) is 11.6. The number of methoxy groups -OCH3 is 1. The molecule has 7 nitrogen and oxygen atoms in total. The molecule has 0 aliphatic heterocycles. The molecule has 0 amide bonds. The first-order valence-corrected chi connectivity index (χ1v) is 11.3. The minimum Gasteiger partial charge on any atom is -0.504 e. The zero-order chi connectivity index (χ0) is 24.1. The number of phenols is 1. The number of ether oxygens (including phenoxy) is 4.